The Morgan fingerprint density at radius 3 is 2.24 bits per heavy atom. The van der Waals surface area contributed by atoms with E-state index >= 15 is 0 Å². The number of unbranched alkanes of at least 4 members (excludes halogenated alkanes) is 3. The third-order valence-corrected chi connectivity index (χ3v) is 5.98. The standard InChI is InChI=1S/C27H26ClN3O3/c28-24-19-22(31(32)33)16-17-25(24)34-18-10-2-1-9-15-23-26(20-11-5-3-6-12-20)29-30-27(23)21-13-7-4-8-14-21/h3-8,11-14,16-17,19H,1-2,9-10,15,18H2,(H,29,30). The number of hydrogen-bond donors (Lipinski definition) is 1. The van der Waals surface area contributed by atoms with Crippen LogP contribution < -0.4 is 4.74 Å². The molecule has 34 heavy (non-hydrogen) atoms. The fourth-order valence-corrected chi connectivity index (χ4v) is 4.18. The molecule has 0 saturated heterocycles. The molecule has 0 aliphatic carbocycles. The minimum Gasteiger partial charge on any atom is -0.492 e. The van der Waals surface area contributed by atoms with Crippen molar-refractivity contribution in [2.24, 2.45) is 0 Å². The molecule has 0 aliphatic rings. The van der Waals surface area contributed by atoms with Crippen LogP contribution >= 0.6 is 11.6 Å². The number of hydrogen-bond acceptors (Lipinski definition) is 4. The fraction of sp³-hybridized carbons (Fsp3) is 0.222. The summed E-state index contributed by atoms with van der Waals surface area (Å²) < 4.78 is 5.71. The number of halogens is 1. The van der Waals surface area contributed by atoms with Crippen molar-refractivity contribution in [3.05, 3.63) is 99.6 Å². The summed E-state index contributed by atoms with van der Waals surface area (Å²) in [6.07, 6.45) is 4.93. The van der Waals surface area contributed by atoms with Crippen molar-refractivity contribution < 1.29 is 9.66 Å². The zero-order chi connectivity index (χ0) is 23.8. The van der Waals surface area contributed by atoms with Gasteiger partial charge in [0, 0.05) is 23.3 Å². The third-order valence-electron chi connectivity index (χ3n) is 5.68. The third kappa shape index (κ3) is 5.83. The molecule has 0 fully saturated rings. The highest BCUT2D eigenvalue weighted by Crippen LogP contribution is 2.32. The average Bonchev–Trinajstić information content (AvgIpc) is 3.29. The van der Waals surface area contributed by atoms with Gasteiger partial charge in [-0.05, 0) is 30.9 Å². The number of aromatic amines is 1. The first-order valence-corrected chi connectivity index (χ1v) is 11.8. The molecule has 0 saturated carbocycles. The van der Waals surface area contributed by atoms with Gasteiger partial charge in [-0.25, -0.2) is 0 Å². The van der Waals surface area contributed by atoms with Crippen LogP contribution in [0, 0.1) is 10.1 Å². The monoisotopic (exact) mass is 475 g/mol. The van der Waals surface area contributed by atoms with Gasteiger partial charge >= 0.3 is 0 Å². The molecule has 0 amide bonds. The molecule has 3 aromatic carbocycles. The molecule has 174 valence electrons. The van der Waals surface area contributed by atoms with Gasteiger partial charge in [0.15, 0.2) is 0 Å². The molecule has 6 nitrogen and oxygen atoms in total. The summed E-state index contributed by atoms with van der Waals surface area (Å²) in [6.45, 7) is 0.522. The maximum absolute atomic E-state index is 10.8. The Hall–Kier alpha value is -3.64. The van der Waals surface area contributed by atoms with Crippen molar-refractivity contribution in [1.29, 1.82) is 0 Å². The predicted octanol–water partition coefficient (Wildman–Crippen LogP) is 7.49. The molecule has 0 unspecified atom stereocenters. The Morgan fingerprint density at radius 1 is 0.882 bits per heavy atom. The summed E-state index contributed by atoms with van der Waals surface area (Å²) >= 11 is 6.09. The lowest BCUT2D eigenvalue weighted by Crippen LogP contribution is -1.99. The second-order valence-corrected chi connectivity index (χ2v) is 8.45. The van der Waals surface area contributed by atoms with E-state index in [2.05, 4.69) is 34.5 Å². The number of ether oxygens (including phenoxy) is 1. The van der Waals surface area contributed by atoms with E-state index in [9.17, 15) is 10.1 Å². The van der Waals surface area contributed by atoms with Crippen molar-refractivity contribution >= 4 is 17.3 Å². The maximum Gasteiger partial charge on any atom is 0.271 e. The molecular weight excluding hydrogens is 450 g/mol. The normalized spacial score (nSPS) is 10.9. The summed E-state index contributed by atoms with van der Waals surface area (Å²) in [6, 6.07) is 24.8. The quantitative estimate of drug-likeness (QED) is 0.138. The first kappa shape index (κ1) is 23.5. The Labute approximate surface area is 203 Å². The highest BCUT2D eigenvalue weighted by atomic mass is 35.5. The number of H-pyrrole nitrogens is 1. The molecule has 1 aromatic heterocycles. The van der Waals surface area contributed by atoms with Gasteiger partial charge in [-0.3, -0.25) is 15.2 Å². The van der Waals surface area contributed by atoms with Gasteiger partial charge in [0.2, 0.25) is 0 Å². The van der Waals surface area contributed by atoms with Crippen LogP contribution in [0.1, 0.15) is 31.2 Å². The molecule has 0 aliphatic heterocycles. The summed E-state index contributed by atoms with van der Waals surface area (Å²) in [4.78, 5) is 10.3. The second kappa shape index (κ2) is 11.5. The van der Waals surface area contributed by atoms with Crippen LogP contribution in [0.25, 0.3) is 22.5 Å². The first-order chi connectivity index (χ1) is 16.6. The Kier molecular flexibility index (Phi) is 7.94. The van der Waals surface area contributed by atoms with Gasteiger partial charge < -0.3 is 4.74 Å². The summed E-state index contributed by atoms with van der Waals surface area (Å²) in [5.74, 6) is 0.477. The van der Waals surface area contributed by atoms with Crippen LogP contribution in [0.5, 0.6) is 5.75 Å². The summed E-state index contributed by atoms with van der Waals surface area (Å²) in [5.41, 5.74) is 5.55. The largest absolute Gasteiger partial charge is 0.492 e. The fourth-order valence-electron chi connectivity index (χ4n) is 3.95. The second-order valence-electron chi connectivity index (χ2n) is 8.04. The summed E-state index contributed by atoms with van der Waals surface area (Å²) in [7, 11) is 0. The number of nitro benzene ring substituents is 1. The molecular formula is C27H26ClN3O3. The highest BCUT2D eigenvalue weighted by molar-refractivity contribution is 6.32. The van der Waals surface area contributed by atoms with Gasteiger partial charge in [0.1, 0.15) is 5.75 Å². The lowest BCUT2D eigenvalue weighted by molar-refractivity contribution is -0.384. The molecule has 0 radical (unpaired) electrons. The number of nitrogens with one attached hydrogen (secondary N) is 1. The van der Waals surface area contributed by atoms with Crippen molar-refractivity contribution in [3.63, 3.8) is 0 Å². The molecule has 4 rings (SSSR count). The van der Waals surface area contributed by atoms with Gasteiger partial charge in [-0.1, -0.05) is 85.1 Å². The van der Waals surface area contributed by atoms with Crippen molar-refractivity contribution in [3.8, 4) is 28.3 Å². The SMILES string of the molecule is O=[N+]([O-])c1ccc(OCCCCCCc2c(-c3ccccc3)n[nH]c2-c2ccccc2)c(Cl)c1. The van der Waals surface area contributed by atoms with Gasteiger partial charge in [0.05, 0.1) is 27.9 Å². The van der Waals surface area contributed by atoms with Crippen molar-refractivity contribution in [1.82, 2.24) is 10.2 Å². The van der Waals surface area contributed by atoms with E-state index in [-0.39, 0.29) is 10.7 Å². The Bertz CT molecular complexity index is 1170. The van der Waals surface area contributed by atoms with Crippen LogP contribution in [0.3, 0.4) is 0 Å². The van der Waals surface area contributed by atoms with E-state index in [1.165, 1.54) is 17.7 Å². The van der Waals surface area contributed by atoms with Gasteiger partial charge in [0.25, 0.3) is 5.69 Å². The van der Waals surface area contributed by atoms with E-state index < -0.39 is 4.92 Å². The molecule has 4 aromatic rings. The lowest BCUT2D eigenvalue weighted by atomic mass is 9.97. The van der Waals surface area contributed by atoms with E-state index in [0.29, 0.717) is 12.4 Å². The lowest BCUT2D eigenvalue weighted by Gasteiger charge is -2.09. The molecule has 0 bridgehead atoms. The smallest absolute Gasteiger partial charge is 0.271 e. The van der Waals surface area contributed by atoms with Gasteiger partial charge in [-0.2, -0.15) is 5.10 Å². The molecule has 0 atom stereocenters. The number of nitrogens with zero attached hydrogens (tertiary/aromatic N) is 2. The molecule has 1 N–H and O–H groups in total. The average molecular weight is 476 g/mol. The van der Waals surface area contributed by atoms with Crippen LogP contribution in [-0.4, -0.2) is 21.7 Å². The Morgan fingerprint density at radius 2 is 1.56 bits per heavy atom. The Balaban J connectivity index is 1.31. The maximum atomic E-state index is 10.8. The number of rotatable bonds is 11. The number of non-ortho nitro benzene ring substituents is 1. The van der Waals surface area contributed by atoms with Crippen molar-refractivity contribution in [2.75, 3.05) is 6.61 Å². The van der Waals surface area contributed by atoms with E-state index in [4.69, 9.17) is 16.3 Å². The van der Waals surface area contributed by atoms with E-state index in [1.807, 2.05) is 36.4 Å². The topological polar surface area (TPSA) is 81.1 Å². The van der Waals surface area contributed by atoms with Crippen LogP contribution in [0.15, 0.2) is 78.9 Å². The summed E-state index contributed by atoms with van der Waals surface area (Å²) in [5, 5.41) is 19.0. The molecule has 7 heteroatoms. The minimum absolute atomic E-state index is 0.0404. The van der Waals surface area contributed by atoms with Crippen LogP contribution in [0.2, 0.25) is 5.02 Å². The van der Waals surface area contributed by atoms with E-state index in [0.717, 1.165) is 54.6 Å². The predicted molar refractivity (Wildman–Crippen MR) is 135 cm³/mol. The van der Waals surface area contributed by atoms with Crippen molar-refractivity contribution in [2.45, 2.75) is 32.1 Å². The number of aromatic nitrogens is 2. The zero-order valence-corrected chi connectivity index (χ0v) is 19.5. The van der Waals surface area contributed by atoms with Gasteiger partial charge in [-0.15, -0.1) is 0 Å². The van der Waals surface area contributed by atoms with E-state index in [1.54, 1.807) is 6.07 Å². The minimum atomic E-state index is -0.470. The first-order valence-electron chi connectivity index (χ1n) is 11.4. The highest BCUT2D eigenvalue weighted by Gasteiger charge is 2.16. The molecule has 1 heterocycles. The number of nitro groups is 1. The van der Waals surface area contributed by atoms with Crippen LogP contribution in [-0.2, 0) is 6.42 Å². The zero-order valence-electron chi connectivity index (χ0n) is 18.7. The van der Waals surface area contributed by atoms with Crippen LogP contribution in [0.4, 0.5) is 5.69 Å². The number of benzene rings is 3. The molecule has 0 spiro atoms.